The summed E-state index contributed by atoms with van der Waals surface area (Å²) in [5.41, 5.74) is 5.11. The second-order valence-electron chi connectivity index (χ2n) is 6.89. The van der Waals surface area contributed by atoms with Gasteiger partial charge >= 0.3 is 0 Å². The number of benzene rings is 3. The predicted octanol–water partition coefficient (Wildman–Crippen LogP) is 6.19. The standard InChI is InChI=1S/C24H19ClN2O/c1-28-17-8-6-7-16(13-17)24(25,20-14-26-22-11-4-2-9-18(20)22)21-15-27-23-12-5-3-10-19(21)23/h2-15,26-27H,1H3. The molecule has 138 valence electrons. The van der Waals surface area contributed by atoms with Crippen LogP contribution in [0.4, 0.5) is 0 Å². The molecule has 0 fully saturated rings. The average molecular weight is 387 g/mol. The third kappa shape index (κ3) is 2.44. The van der Waals surface area contributed by atoms with Gasteiger partial charge < -0.3 is 14.7 Å². The Labute approximate surface area is 167 Å². The first-order valence-corrected chi connectivity index (χ1v) is 9.56. The highest BCUT2D eigenvalue weighted by molar-refractivity contribution is 6.30. The molecule has 0 aliphatic rings. The van der Waals surface area contributed by atoms with Gasteiger partial charge in [0.25, 0.3) is 0 Å². The zero-order chi connectivity index (χ0) is 19.1. The number of aromatic nitrogens is 2. The quantitative estimate of drug-likeness (QED) is 0.355. The number of para-hydroxylation sites is 2. The maximum absolute atomic E-state index is 7.59. The van der Waals surface area contributed by atoms with E-state index in [0.29, 0.717) is 0 Å². The Bertz CT molecular complexity index is 1210. The summed E-state index contributed by atoms with van der Waals surface area (Å²) in [5, 5.41) is 2.20. The first-order valence-electron chi connectivity index (χ1n) is 9.18. The van der Waals surface area contributed by atoms with Crippen LogP contribution in [0.3, 0.4) is 0 Å². The molecule has 5 rings (SSSR count). The highest BCUT2D eigenvalue weighted by Crippen LogP contribution is 2.48. The Balaban J connectivity index is 1.87. The van der Waals surface area contributed by atoms with Gasteiger partial charge in [0.15, 0.2) is 0 Å². The van der Waals surface area contributed by atoms with Gasteiger partial charge in [-0.25, -0.2) is 0 Å². The van der Waals surface area contributed by atoms with E-state index in [1.165, 1.54) is 0 Å². The average Bonchev–Trinajstić information content (AvgIpc) is 3.38. The fraction of sp³-hybridized carbons (Fsp3) is 0.0833. The zero-order valence-electron chi connectivity index (χ0n) is 15.4. The molecule has 3 aromatic carbocycles. The predicted molar refractivity (Wildman–Crippen MR) is 115 cm³/mol. The molecule has 0 amide bonds. The van der Waals surface area contributed by atoms with Gasteiger partial charge in [0.05, 0.1) is 7.11 Å². The van der Waals surface area contributed by atoms with Crippen molar-refractivity contribution in [3.63, 3.8) is 0 Å². The molecule has 4 heteroatoms. The summed E-state index contributed by atoms with van der Waals surface area (Å²) in [6.07, 6.45) is 4.03. The van der Waals surface area contributed by atoms with Crippen LogP contribution in [0.5, 0.6) is 5.75 Å². The number of halogens is 1. The summed E-state index contributed by atoms with van der Waals surface area (Å²) in [6.45, 7) is 0. The molecule has 0 radical (unpaired) electrons. The molecule has 3 nitrogen and oxygen atoms in total. The molecular formula is C24H19ClN2O. The van der Waals surface area contributed by atoms with Crippen LogP contribution in [0.25, 0.3) is 21.8 Å². The molecule has 28 heavy (non-hydrogen) atoms. The van der Waals surface area contributed by atoms with Crippen LogP contribution in [0.15, 0.2) is 85.2 Å². The van der Waals surface area contributed by atoms with Gasteiger partial charge in [-0.2, -0.15) is 0 Å². The van der Waals surface area contributed by atoms with Gasteiger partial charge in [-0.1, -0.05) is 48.5 Å². The van der Waals surface area contributed by atoms with Crippen molar-refractivity contribution in [2.75, 3.05) is 7.11 Å². The molecule has 0 atom stereocenters. The van der Waals surface area contributed by atoms with E-state index >= 15 is 0 Å². The monoisotopic (exact) mass is 386 g/mol. The SMILES string of the molecule is COc1cccc(C(Cl)(c2c[nH]c3ccccc23)c2c[nH]c3ccccc23)c1. The summed E-state index contributed by atoms with van der Waals surface area (Å²) in [6, 6.07) is 24.4. The molecule has 0 aliphatic heterocycles. The van der Waals surface area contributed by atoms with Crippen LogP contribution in [-0.4, -0.2) is 17.1 Å². The number of alkyl halides is 1. The van der Waals surface area contributed by atoms with Crippen molar-refractivity contribution in [2.24, 2.45) is 0 Å². The van der Waals surface area contributed by atoms with E-state index in [1.54, 1.807) is 7.11 Å². The van der Waals surface area contributed by atoms with Gasteiger partial charge in [0.2, 0.25) is 0 Å². The van der Waals surface area contributed by atoms with Gasteiger partial charge in [-0.15, -0.1) is 11.6 Å². The summed E-state index contributed by atoms with van der Waals surface area (Å²) in [4.78, 5) is 5.87. The second-order valence-corrected chi connectivity index (χ2v) is 7.45. The largest absolute Gasteiger partial charge is 0.497 e. The lowest BCUT2D eigenvalue weighted by atomic mass is 9.83. The highest BCUT2D eigenvalue weighted by atomic mass is 35.5. The third-order valence-electron chi connectivity index (χ3n) is 5.39. The van der Waals surface area contributed by atoms with Crippen molar-refractivity contribution < 1.29 is 4.74 Å². The van der Waals surface area contributed by atoms with Crippen LogP contribution in [-0.2, 0) is 4.87 Å². The van der Waals surface area contributed by atoms with Crippen molar-refractivity contribution in [1.29, 1.82) is 0 Å². The Morgan fingerprint density at radius 1 is 0.750 bits per heavy atom. The first kappa shape index (κ1) is 17.0. The van der Waals surface area contributed by atoms with Gasteiger partial charge in [-0.05, 0) is 29.8 Å². The second kappa shape index (κ2) is 6.47. The van der Waals surface area contributed by atoms with Crippen molar-refractivity contribution in [1.82, 2.24) is 9.97 Å². The van der Waals surface area contributed by atoms with E-state index in [1.807, 2.05) is 54.9 Å². The van der Waals surface area contributed by atoms with Crippen LogP contribution in [0, 0.1) is 0 Å². The van der Waals surface area contributed by atoms with Crippen molar-refractivity contribution in [2.45, 2.75) is 4.87 Å². The summed E-state index contributed by atoms with van der Waals surface area (Å²) >= 11 is 7.59. The number of rotatable bonds is 4. The van der Waals surface area contributed by atoms with E-state index in [0.717, 1.165) is 44.2 Å². The normalized spacial score (nSPS) is 11.9. The number of fused-ring (bicyclic) bond motifs is 2. The number of aromatic amines is 2. The summed E-state index contributed by atoms with van der Waals surface area (Å²) in [5.74, 6) is 0.780. The lowest BCUT2D eigenvalue weighted by molar-refractivity contribution is 0.414. The maximum Gasteiger partial charge on any atom is 0.124 e. The Morgan fingerprint density at radius 2 is 1.32 bits per heavy atom. The number of H-pyrrole nitrogens is 2. The highest BCUT2D eigenvalue weighted by Gasteiger charge is 2.38. The molecule has 0 spiro atoms. The molecule has 0 unspecified atom stereocenters. The molecule has 2 N–H and O–H groups in total. The summed E-state index contributed by atoms with van der Waals surface area (Å²) in [7, 11) is 1.67. The number of hydrogen-bond acceptors (Lipinski definition) is 1. The third-order valence-corrected chi connectivity index (χ3v) is 6.01. The van der Waals surface area contributed by atoms with Crippen molar-refractivity contribution in [3.05, 3.63) is 102 Å². The van der Waals surface area contributed by atoms with Crippen molar-refractivity contribution in [3.8, 4) is 5.75 Å². The minimum Gasteiger partial charge on any atom is -0.497 e. The fourth-order valence-corrected chi connectivity index (χ4v) is 4.44. The Morgan fingerprint density at radius 3 is 1.89 bits per heavy atom. The fourth-order valence-electron chi connectivity index (χ4n) is 4.01. The number of nitrogens with one attached hydrogen (secondary N) is 2. The van der Waals surface area contributed by atoms with Crippen LogP contribution >= 0.6 is 11.6 Å². The van der Waals surface area contributed by atoms with Gasteiger partial charge in [-0.3, -0.25) is 0 Å². The van der Waals surface area contributed by atoms with E-state index in [4.69, 9.17) is 16.3 Å². The lowest BCUT2D eigenvalue weighted by Gasteiger charge is -2.28. The van der Waals surface area contributed by atoms with E-state index < -0.39 is 4.87 Å². The molecule has 0 saturated heterocycles. The van der Waals surface area contributed by atoms with Crippen LogP contribution in [0.1, 0.15) is 16.7 Å². The van der Waals surface area contributed by atoms with E-state index in [2.05, 4.69) is 40.3 Å². The number of ether oxygens (including phenoxy) is 1. The van der Waals surface area contributed by atoms with Gasteiger partial charge in [0.1, 0.15) is 10.6 Å². The topological polar surface area (TPSA) is 40.8 Å². The molecule has 0 saturated carbocycles. The Hall–Kier alpha value is -3.17. The molecular weight excluding hydrogens is 368 g/mol. The van der Waals surface area contributed by atoms with E-state index in [-0.39, 0.29) is 0 Å². The molecule has 0 bridgehead atoms. The number of hydrogen-bond donors (Lipinski definition) is 2. The Kier molecular flexibility index (Phi) is 3.92. The maximum atomic E-state index is 7.59. The van der Waals surface area contributed by atoms with E-state index in [9.17, 15) is 0 Å². The first-order chi connectivity index (χ1) is 13.7. The molecule has 2 aromatic heterocycles. The molecule has 5 aromatic rings. The lowest BCUT2D eigenvalue weighted by Crippen LogP contribution is -2.22. The zero-order valence-corrected chi connectivity index (χ0v) is 16.1. The molecule has 2 heterocycles. The number of methoxy groups -OCH3 is 1. The van der Waals surface area contributed by atoms with Gasteiger partial charge in [0, 0.05) is 45.3 Å². The summed E-state index contributed by atoms with van der Waals surface area (Å²) < 4.78 is 5.49. The minimum absolute atomic E-state index is 0.780. The minimum atomic E-state index is -0.881. The van der Waals surface area contributed by atoms with Crippen molar-refractivity contribution >= 4 is 33.4 Å². The smallest absolute Gasteiger partial charge is 0.124 e. The van der Waals surface area contributed by atoms with Crippen LogP contribution in [0.2, 0.25) is 0 Å². The molecule has 0 aliphatic carbocycles. The van der Waals surface area contributed by atoms with Crippen LogP contribution < -0.4 is 4.74 Å².